The van der Waals surface area contributed by atoms with Gasteiger partial charge in [-0.2, -0.15) is 0 Å². The van der Waals surface area contributed by atoms with Crippen molar-refractivity contribution in [2.45, 2.75) is 41.2 Å². The van der Waals surface area contributed by atoms with E-state index in [9.17, 15) is 0 Å². The van der Waals surface area contributed by atoms with Crippen molar-refractivity contribution in [2.75, 3.05) is 37.6 Å². The van der Waals surface area contributed by atoms with Crippen LogP contribution < -0.4 is 10.2 Å². The van der Waals surface area contributed by atoms with Crippen LogP contribution in [0.25, 0.3) is 0 Å². The standard InChI is InChI=1S/C25H31N3.C5H10.C3H6.C2H2O/c1-2-27(22-23-12-6-3-7-13-23)20-18-26-19-21-28(24-14-8-4-9-15-24)25-16-10-5-11-17-25;1-4-5(2)3;1-3-2;1-2-3/h3-17,26H,2,18-22H2,1H3;4H,1-3H3;3H,1H2,2H3;1,3H. The van der Waals surface area contributed by atoms with Crippen LogP contribution in [0.5, 0.6) is 0 Å². The van der Waals surface area contributed by atoms with Crippen LogP contribution in [-0.2, 0) is 6.54 Å². The van der Waals surface area contributed by atoms with E-state index < -0.39 is 0 Å². The highest BCUT2D eigenvalue weighted by Crippen LogP contribution is 2.24. The molecule has 0 radical (unpaired) electrons. The highest BCUT2D eigenvalue weighted by Gasteiger charge is 2.08. The smallest absolute Gasteiger partial charge is 0.103 e. The Morgan fingerprint density at radius 3 is 1.62 bits per heavy atom. The zero-order valence-electron chi connectivity index (χ0n) is 24.7. The lowest BCUT2D eigenvalue weighted by atomic mass is 10.2. The number of anilines is 2. The summed E-state index contributed by atoms with van der Waals surface area (Å²) in [5.41, 5.74) is 5.22. The summed E-state index contributed by atoms with van der Waals surface area (Å²) in [5.74, 6) is 0. The molecule has 0 fully saturated rings. The summed E-state index contributed by atoms with van der Waals surface area (Å²) >= 11 is 0. The Balaban J connectivity index is 0.00000112. The molecule has 0 amide bonds. The number of aliphatic hydroxyl groups excluding tert-OH is 1. The Labute approximate surface area is 238 Å². The van der Waals surface area contributed by atoms with Crippen molar-refractivity contribution in [1.82, 2.24) is 10.2 Å². The van der Waals surface area contributed by atoms with Gasteiger partial charge in [0.2, 0.25) is 0 Å². The molecule has 3 aromatic rings. The molecule has 210 valence electrons. The van der Waals surface area contributed by atoms with Gasteiger partial charge in [-0.15, -0.1) is 6.58 Å². The van der Waals surface area contributed by atoms with Crippen molar-refractivity contribution in [3.05, 3.63) is 121 Å². The van der Waals surface area contributed by atoms with Gasteiger partial charge >= 0.3 is 0 Å². The molecule has 3 aromatic carbocycles. The third-order valence-electron chi connectivity index (χ3n) is 5.53. The van der Waals surface area contributed by atoms with Crippen LogP contribution in [0.15, 0.2) is 115 Å². The molecule has 0 saturated carbocycles. The van der Waals surface area contributed by atoms with Gasteiger partial charge in [-0.05, 0) is 64.1 Å². The van der Waals surface area contributed by atoms with Crippen LogP contribution in [0.2, 0.25) is 0 Å². The number of likely N-dealkylation sites (N-methyl/N-ethyl adjacent to an activating group) is 1. The highest BCUT2D eigenvalue weighted by molar-refractivity contribution is 5.62. The molecular formula is C35H49N3O. The number of nitrogens with one attached hydrogen (secondary N) is 1. The largest absolute Gasteiger partial charge is 0.462 e. The fourth-order valence-electron chi connectivity index (χ4n) is 3.37. The molecule has 0 aliphatic carbocycles. The number of nitrogens with zero attached hydrogens (tertiary/aromatic N) is 2. The van der Waals surface area contributed by atoms with Crippen molar-refractivity contribution in [2.24, 2.45) is 0 Å². The predicted molar refractivity (Wildman–Crippen MR) is 172 cm³/mol. The number of rotatable bonds is 11. The van der Waals surface area contributed by atoms with Crippen molar-refractivity contribution in [3.63, 3.8) is 0 Å². The van der Waals surface area contributed by atoms with E-state index in [1.165, 1.54) is 28.6 Å². The molecule has 0 aliphatic rings. The second-order valence-electron chi connectivity index (χ2n) is 8.83. The van der Waals surface area contributed by atoms with Gasteiger partial charge in [0, 0.05) is 44.1 Å². The van der Waals surface area contributed by atoms with E-state index in [1.54, 1.807) is 6.08 Å². The minimum atomic E-state index is 0.943. The molecule has 0 saturated heterocycles. The van der Waals surface area contributed by atoms with Crippen molar-refractivity contribution >= 4 is 11.4 Å². The number of aliphatic hydroxyl groups is 1. The molecule has 3 rings (SSSR count). The van der Waals surface area contributed by atoms with Crippen LogP contribution in [0.1, 0.15) is 40.2 Å². The third-order valence-corrected chi connectivity index (χ3v) is 5.53. The number of hydrogen-bond acceptors (Lipinski definition) is 4. The molecule has 0 heterocycles. The fourth-order valence-corrected chi connectivity index (χ4v) is 3.37. The topological polar surface area (TPSA) is 38.7 Å². The summed E-state index contributed by atoms with van der Waals surface area (Å²) in [4.78, 5) is 4.85. The highest BCUT2D eigenvalue weighted by atomic mass is 16.2. The predicted octanol–water partition coefficient (Wildman–Crippen LogP) is 8.05. The van der Waals surface area contributed by atoms with Crippen LogP contribution in [-0.4, -0.2) is 42.7 Å². The van der Waals surface area contributed by atoms with E-state index in [0.717, 1.165) is 39.3 Å². The molecule has 0 atom stereocenters. The van der Waals surface area contributed by atoms with Gasteiger partial charge in [0.1, 0.15) is 6.11 Å². The van der Waals surface area contributed by atoms with Gasteiger partial charge in [-0.3, -0.25) is 4.90 Å². The molecular weight excluding hydrogens is 478 g/mol. The second kappa shape index (κ2) is 24.6. The van der Waals surface area contributed by atoms with Gasteiger partial charge in [0.25, 0.3) is 0 Å². The summed E-state index contributed by atoms with van der Waals surface area (Å²) < 4.78 is 0. The summed E-state index contributed by atoms with van der Waals surface area (Å²) in [6, 6.07) is 31.9. The molecule has 4 heteroatoms. The first-order valence-corrected chi connectivity index (χ1v) is 13.6. The number of hydrogen-bond donors (Lipinski definition) is 2. The van der Waals surface area contributed by atoms with Crippen LogP contribution in [0.4, 0.5) is 11.4 Å². The van der Waals surface area contributed by atoms with E-state index >= 15 is 0 Å². The Hall–Kier alpha value is -3.78. The van der Waals surface area contributed by atoms with Gasteiger partial charge in [0.05, 0.1) is 0 Å². The summed E-state index contributed by atoms with van der Waals surface area (Å²) in [6.07, 6.45) is 9.24. The summed E-state index contributed by atoms with van der Waals surface area (Å²) in [7, 11) is 0. The first-order valence-electron chi connectivity index (χ1n) is 13.6. The Kier molecular flexibility index (Phi) is 22.2. The van der Waals surface area contributed by atoms with Crippen LogP contribution >= 0.6 is 0 Å². The van der Waals surface area contributed by atoms with Gasteiger partial charge < -0.3 is 15.3 Å². The number of terminal acetylenes is 1. The maximum atomic E-state index is 7.10. The molecule has 2 N–H and O–H groups in total. The van der Waals surface area contributed by atoms with Gasteiger partial charge in [-0.1, -0.05) is 97.8 Å². The van der Waals surface area contributed by atoms with Crippen LogP contribution in [0, 0.1) is 12.5 Å². The molecule has 0 spiro atoms. The molecule has 4 nitrogen and oxygen atoms in total. The van der Waals surface area contributed by atoms with Crippen molar-refractivity contribution in [1.29, 1.82) is 0 Å². The summed E-state index contributed by atoms with van der Waals surface area (Å²) in [6.45, 7) is 19.7. The lowest BCUT2D eigenvalue weighted by Crippen LogP contribution is -2.35. The quantitative estimate of drug-likeness (QED) is 0.150. The number of allylic oxidation sites excluding steroid dienone is 3. The zero-order chi connectivity index (χ0) is 29.1. The Morgan fingerprint density at radius 1 is 0.846 bits per heavy atom. The molecule has 0 bridgehead atoms. The lowest BCUT2D eigenvalue weighted by molar-refractivity contribution is 0.279. The Morgan fingerprint density at radius 2 is 1.23 bits per heavy atom. The third kappa shape index (κ3) is 18.2. The van der Waals surface area contributed by atoms with E-state index in [2.05, 4.69) is 146 Å². The first kappa shape index (κ1) is 35.2. The molecule has 39 heavy (non-hydrogen) atoms. The monoisotopic (exact) mass is 527 g/mol. The fraction of sp³-hybridized carbons (Fsp3) is 0.314. The van der Waals surface area contributed by atoms with Crippen LogP contribution in [0.3, 0.4) is 0 Å². The number of benzene rings is 3. The molecule has 0 aromatic heterocycles. The minimum absolute atomic E-state index is 0.943. The van der Waals surface area contributed by atoms with Crippen molar-refractivity contribution < 1.29 is 5.11 Å². The van der Waals surface area contributed by atoms with E-state index in [4.69, 9.17) is 5.11 Å². The maximum absolute atomic E-state index is 7.10. The van der Waals surface area contributed by atoms with E-state index in [-0.39, 0.29) is 0 Å². The van der Waals surface area contributed by atoms with Gasteiger partial charge in [0.15, 0.2) is 0 Å². The average Bonchev–Trinajstić information content (AvgIpc) is 2.97. The zero-order valence-corrected chi connectivity index (χ0v) is 24.7. The average molecular weight is 528 g/mol. The van der Waals surface area contributed by atoms with Crippen molar-refractivity contribution in [3.8, 4) is 12.5 Å². The van der Waals surface area contributed by atoms with E-state index in [0.29, 0.717) is 0 Å². The molecule has 0 unspecified atom stereocenters. The minimum Gasteiger partial charge on any atom is -0.462 e. The molecule has 0 aliphatic heterocycles. The van der Waals surface area contributed by atoms with E-state index in [1.807, 2.05) is 13.8 Å². The summed E-state index contributed by atoms with van der Waals surface area (Å²) in [5, 5.41) is 10.7. The lowest BCUT2D eigenvalue weighted by Gasteiger charge is -2.26. The first-order chi connectivity index (χ1) is 19.0. The SMILES string of the molecule is C#CO.C=CC.CC=C(C)C.CCN(CCNCCN(c1ccccc1)c1ccccc1)Cc1ccccc1. The second-order valence-corrected chi connectivity index (χ2v) is 8.83. The maximum Gasteiger partial charge on any atom is 0.103 e. The number of para-hydroxylation sites is 2. The Bertz CT molecular complexity index is 984. The van der Waals surface area contributed by atoms with Gasteiger partial charge in [-0.25, -0.2) is 0 Å². The normalized spacial score (nSPS) is 9.26.